The smallest absolute Gasteiger partial charge is 0.305 e. The molecule has 1 amide bonds. The first kappa shape index (κ1) is 14.7. The summed E-state index contributed by atoms with van der Waals surface area (Å²) in [5.74, 6) is -0.434. The normalized spacial score (nSPS) is 15.4. The Bertz CT molecular complexity index is 502. The molecule has 20 heavy (non-hydrogen) atoms. The zero-order chi connectivity index (χ0) is 14.5. The summed E-state index contributed by atoms with van der Waals surface area (Å²) in [5.41, 5.74) is 0. The number of halogens is 1. The molecule has 1 aliphatic rings. The Hall–Kier alpha value is -1.75. The first-order valence-corrected chi connectivity index (χ1v) is 6.82. The largest absolute Gasteiger partial charge is 0.484 e. The molecule has 1 atom stereocenters. The Labute approximate surface area is 121 Å². The Morgan fingerprint density at radius 2 is 2.20 bits per heavy atom. The molecule has 6 heteroatoms. The number of carboxylic acids is 1. The fourth-order valence-electron chi connectivity index (χ4n) is 1.98. The number of carbonyl (C=O) groups is 2. The summed E-state index contributed by atoms with van der Waals surface area (Å²) >= 11 is 5.81. The summed E-state index contributed by atoms with van der Waals surface area (Å²) < 4.78 is 5.31. The van der Waals surface area contributed by atoms with Crippen molar-refractivity contribution in [1.29, 1.82) is 0 Å². The molecule has 0 spiro atoms. The maximum Gasteiger partial charge on any atom is 0.305 e. The molecule has 0 aromatic heterocycles. The van der Waals surface area contributed by atoms with Gasteiger partial charge in [-0.3, -0.25) is 9.59 Å². The highest BCUT2D eigenvalue weighted by Crippen LogP contribution is 2.34. The number of benzene rings is 1. The van der Waals surface area contributed by atoms with E-state index in [0.29, 0.717) is 10.8 Å². The Morgan fingerprint density at radius 1 is 1.45 bits per heavy atom. The van der Waals surface area contributed by atoms with Crippen molar-refractivity contribution in [2.24, 2.45) is 5.92 Å². The molecule has 0 heterocycles. The Morgan fingerprint density at radius 3 is 2.80 bits per heavy atom. The van der Waals surface area contributed by atoms with Crippen LogP contribution in [-0.4, -0.2) is 29.6 Å². The molecule has 1 fully saturated rings. The van der Waals surface area contributed by atoms with Gasteiger partial charge in [0.05, 0.1) is 6.42 Å². The van der Waals surface area contributed by atoms with E-state index in [2.05, 4.69) is 5.32 Å². The third-order valence-electron chi connectivity index (χ3n) is 3.10. The quantitative estimate of drug-likeness (QED) is 0.808. The molecule has 1 aromatic rings. The average molecular weight is 298 g/mol. The summed E-state index contributed by atoms with van der Waals surface area (Å²) in [7, 11) is 0. The molecule has 0 saturated heterocycles. The lowest BCUT2D eigenvalue weighted by Crippen LogP contribution is -2.40. The number of carboxylic acid groups (broad SMARTS) is 1. The van der Waals surface area contributed by atoms with Crippen molar-refractivity contribution in [2.75, 3.05) is 6.61 Å². The SMILES string of the molecule is O=C(O)CC(NC(=O)COc1cccc(Cl)c1)C1CC1. The molecular formula is C14H16ClNO4. The predicted octanol–water partition coefficient (Wildman–Crippen LogP) is 2.09. The van der Waals surface area contributed by atoms with Crippen LogP contribution in [-0.2, 0) is 9.59 Å². The molecule has 0 aliphatic heterocycles. The average Bonchev–Trinajstić information content (AvgIpc) is 3.19. The van der Waals surface area contributed by atoms with E-state index in [4.69, 9.17) is 21.4 Å². The molecule has 1 saturated carbocycles. The van der Waals surface area contributed by atoms with E-state index in [1.54, 1.807) is 24.3 Å². The van der Waals surface area contributed by atoms with E-state index in [0.717, 1.165) is 12.8 Å². The van der Waals surface area contributed by atoms with Crippen LogP contribution in [0.15, 0.2) is 24.3 Å². The van der Waals surface area contributed by atoms with Crippen LogP contribution < -0.4 is 10.1 Å². The lowest BCUT2D eigenvalue weighted by Gasteiger charge is -2.16. The second kappa shape index (κ2) is 6.61. The molecule has 0 bridgehead atoms. The molecular weight excluding hydrogens is 282 g/mol. The van der Waals surface area contributed by atoms with E-state index in [9.17, 15) is 9.59 Å². The molecule has 108 valence electrons. The number of amides is 1. The maximum absolute atomic E-state index is 11.8. The molecule has 5 nitrogen and oxygen atoms in total. The number of nitrogens with one attached hydrogen (secondary N) is 1. The van der Waals surface area contributed by atoms with Crippen molar-refractivity contribution in [3.8, 4) is 5.75 Å². The van der Waals surface area contributed by atoms with Gasteiger partial charge in [-0.1, -0.05) is 17.7 Å². The van der Waals surface area contributed by atoms with E-state index >= 15 is 0 Å². The van der Waals surface area contributed by atoms with Crippen LogP contribution in [0, 0.1) is 5.92 Å². The number of hydrogen-bond donors (Lipinski definition) is 2. The highest BCUT2D eigenvalue weighted by molar-refractivity contribution is 6.30. The minimum Gasteiger partial charge on any atom is -0.484 e. The van der Waals surface area contributed by atoms with Crippen molar-refractivity contribution >= 4 is 23.5 Å². The van der Waals surface area contributed by atoms with Gasteiger partial charge in [-0.05, 0) is 37.0 Å². The second-order valence-corrected chi connectivity index (χ2v) is 5.29. The lowest BCUT2D eigenvalue weighted by atomic mass is 10.1. The van der Waals surface area contributed by atoms with Gasteiger partial charge in [0.1, 0.15) is 5.75 Å². The van der Waals surface area contributed by atoms with Gasteiger partial charge < -0.3 is 15.2 Å². The summed E-state index contributed by atoms with van der Waals surface area (Å²) in [6, 6.07) is 6.46. The van der Waals surface area contributed by atoms with Crippen LogP contribution in [0.3, 0.4) is 0 Å². The maximum atomic E-state index is 11.8. The van der Waals surface area contributed by atoms with Gasteiger partial charge in [-0.25, -0.2) is 0 Å². The number of ether oxygens (including phenoxy) is 1. The van der Waals surface area contributed by atoms with Gasteiger partial charge in [0.2, 0.25) is 0 Å². The fourth-order valence-corrected chi connectivity index (χ4v) is 2.16. The minimum absolute atomic E-state index is 0.0480. The summed E-state index contributed by atoms with van der Waals surface area (Å²) in [6.45, 7) is -0.150. The van der Waals surface area contributed by atoms with Crippen LogP contribution in [0.2, 0.25) is 5.02 Å². The number of rotatable bonds is 7. The van der Waals surface area contributed by atoms with E-state index in [-0.39, 0.29) is 30.9 Å². The Balaban J connectivity index is 1.80. The molecule has 2 N–H and O–H groups in total. The van der Waals surface area contributed by atoms with Crippen LogP contribution in [0.25, 0.3) is 0 Å². The zero-order valence-electron chi connectivity index (χ0n) is 10.8. The minimum atomic E-state index is -0.905. The topological polar surface area (TPSA) is 75.6 Å². The van der Waals surface area contributed by atoms with Crippen molar-refractivity contribution in [3.63, 3.8) is 0 Å². The monoisotopic (exact) mass is 297 g/mol. The first-order chi connectivity index (χ1) is 9.54. The van der Waals surface area contributed by atoms with E-state index < -0.39 is 5.97 Å². The number of aliphatic carboxylic acids is 1. The molecule has 2 rings (SSSR count). The predicted molar refractivity (Wildman–Crippen MR) is 73.9 cm³/mol. The third-order valence-corrected chi connectivity index (χ3v) is 3.33. The Kier molecular flexibility index (Phi) is 4.84. The van der Waals surface area contributed by atoms with Crippen LogP contribution in [0.5, 0.6) is 5.75 Å². The van der Waals surface area contributed by atoms with Crippen molar-refractivity contribution in [3.05, 3.63) is 29.3 Å². The summed E-state index contributed by atoms with van der Waals surface area (Å²) in [4.78, 5) is 22.5. The molecule has 0 radical (unpaired) electrons. The van der Waals surface area contributed by atoms with Crippen molar-refractivity contribution in [2.45, 2.75) is 25.3 Å². The van der Waals surface area contributed by atoms with Gasteiger partial charge in [0.25, 0.3) is 5.91 Å². The highest BCUT2D eigenvalue weighted by Gasteiger charge is 2.33. The number of hydrogen-bond acceptors (Lipinski definition) is 3. The zero-order valence-corrected chi connectivity index (χ0v) is 11.6. The molecule has 1 aromatic carbocycles. The lowest BCUT2D eigenvalue weighted by molar-refractivity contribution is -0.138. The second-order valence-electron chi connectivity index (χ2n) is 4.86. The third kappa shape index (κ3) is 4.74. The van der Waals surface area contributed by atoms with Gasteiger partial charge in [-0.2, -0.15) is 0 Å². The van der Waals surface area contributed by atoms with Gasteiger partial charge in [-0.15, -0.1) is 0 Å². The van der Waals surface area contributed by atoms with Crippen LogP contribution in [0.4, 0.5) is 0 Å². The van der Waals surface area contributed by atoms with Gasteiger partial charge in [0.15, 0.2) is 6.61 Å². The first-order valence-electron chi connectivity index (χ1n) is 6.44. The van der Waals surface area contributed by atoms with Crippen molar-refractivity contribution < 1.29 is 19.4 Å². The van der Waals surface area contributed by atoms with E-state index in [1.165, 1.54) is 0 Å². The van der Waals surface area contributed by atoms with Gasteiger partial charge in [0, 0.05) is 11.1 Å². The van der Waals surface area contributed by atoms with Gasteiger partial charge >= 0.3 is 5.97 Å². The standard InChI is InChI=1S/C14H16ClNO4/c15-10-2-1-3-11(6-10)20-8-13(17)16-12(7-14(18)19)9-4-5-9/h1-3,6,9,12H,4-5,7-8H2,(H,16,17)(H,18,19). The van der Waals surface area contributed by atoms with Crippen LogP contribution >= 0.6 is 11.6 Å². The van der Waals surface area contributed by atoms with E-state index in [1.807, 2.05) is 0 Å². The molecule has 1 aliphatic carbocycles. The highest BCUT2D eigenvalue weighted by atomic mass is 35.5. The fraction of sp³-hybridized carbons (Fsp3) is 0.429. The summed E-state index contributed by atoms with van der Waals surface area (Å²) in [5, 5.41) is 12.1. The molecule has 1 unspecified atom stereocenters. The van der Waals surface area contributed by atoms with Crippen molar-refractivity contribution in [1.82, 2.24) is 5.32 Å². The number of carbonyl (C=O) groups excluding carboxylic acids is 1. The summed E-state index contributed by atoms with van der Waals surface area (Å²) in [6.07, 6.45) is 1.88. The van der Waals surface area contributed by atoms with Crippen LogP contribution in [0.1, 0.15) is 19.3 Å².